The summed E-state index contributed by atoms with van der Waals surface area (Å²) in [7, 11) is 1.56. The summed E-state index contributed by atoms with van der Waals surface area (Å²) in [4.78, 5) is 40.0. The lowest BCUT2D eigenvalue weighted by Crippen LogP contribution is -2.39. The Kier molecular flexibility index (Phi) is 10.8. The molecule has 1 N–H and O–H groups in total. The topological polar surface area (TPSA) is 88.2 Å². The molecule has 0 aliphatic heterocycles. The Morgan fingerprint density at radius 2 is 1.79 bits per heavy atom. The molecule has 2 amide bonds. The first-order valence-electron chi connectivity index (χ1n) is 9.51. The molecule has 0 atom stereocenters. The predicted octanol–water partition coefficient (Wildman–Crippen LogP) is 1.62. The van der Waals surface area contributed by atoms with Crippen molar-refractivity contribution in [2.24, 2.45) is 0 Å². The van der Waals surface area contributed by atoms with Crippen LogP contribution in [0.2, 0.25) is 0 Å². The molecule has 8 heteroatoms. The van der Waals surface area contributed by atoms with E-state index in [2.05, 4.69) is 5.32 Å². The number of amides is 2. The van der Waals surface area contributed by atoms with E-state index in [1.807, 2.05) is 13.8 Å². The highest BCUT2D eigenvalue weighted by atomic mass is 16.5. The standard InChI is InChI=1S/C20H31N3O5/c1-5-23(6-2)20(26)16-9-8-10-17(13-16)21-18(24)14-22(11-12-27-4)15-19(25)28-7-3/h8-10,13H,5-7,11-12,14-15H2,1-4H3,(H,21,24). The third-order valence-electron chi connectivity index (χ3n) is 4.08. The van der Waals surface area contributed by atoms with Crippen LogP contribution in [0.5, 0.6) is 0 Å². The molecule has 0 unspecified atom stereocenters. The second-order valence-corrected chi connectivity index (χ2v) is 6.11. The Morgan fingerprint density at radius 1 is 1.07 bits per heavy atom. The predicted molar refractivity (Wildman–Crippen MR) is 107 cm³/mol. The summed E-state index contributed by atoms with van der Waals surface area (Å²) in [5, 5.41) is 2.78. The monoisotopic (exact) mass is 393 g/mol. The van der Waals surface area contributed by atoms with Gasteiger partial charge < -0.3 is 19.7 Å². The summed E-state index contributed by atoms with van der Waals surface area (Å²) in [6.07, 6.45) is 0. The average molecular weight is 393 g/mol. The smallest absolute Gasteiger partial charge is 0.320 e. The summed E-state index contributed by atoms with van der Waals surface area (Å²) in [5.74, 6) is -0.754. The van der Waals surface area contributed by atoms with Crippen molar-refractivity contribution in [3.8, 4) is 0 Å². The normalized spacial score (nSPS) is 10.6. The minimum Gasteiger partial charge on any atom is -0.465 e. The highest BCUT2D eigenvalue weighted by Gasteiger charge is 2.17. The molecule has 0 spiro atoms. The van der Waals surface area contributed by atoms with E-state index < -0.39 is 5.97 Å². The minimum absolute atomic E-state index is 0.00507. The lowest BCUT2D eigenvalue weighted by molar-refractivity contribution is -0.144. The maximum Gasteiger partial charge on any atom is 0.320 e. The van der Waals surface area contributed by atoms with Gasteiger partial charge in [-0.3, -0.25) is 19.3 Å². The number of rotatable bonds is 12. The lowest BCUT2D eigenvalue weighted by atomic mass is 10.1. The molecule has 0 aliphatic rings. The van der Waals surface area contributed by atoms with Crippen molar-refractivity contribution >= 4 is 23.5 Å². The maximum atomic E-state index is 12.5. The van der Waals surface area contributed by atoms with Gasteiger partial charge in [0.2, 0.25) is 5.91 Å². The molecule has 28 heavy (non-hydrogen) atoms. The van der Waals surface area contributed by atoms with Gasteiger partial charge in [-0.15, -0.1) is 0 Å². The quantitative estimate of drug-likeness (QED) is 0.543. The fourth-order valence-corrected chi connectivity index (χ4v) is 2.65. The van der Waals surface area contributed by atoms with Crippen molar-refractivity contribution in [2.75, 3.05) is 58.4 Å². The number of carbonyl (C=O) groups is 3. The van der Waals surface area contributed by atoms with Crippen LogP contribution in [0.25, 0.3) is 0 Å². The van der Waals surface area contributed by atoms with Gasteiger partial charge in [0.1, 0.15) is 0 Å². The van der Waals surface area contributed by atoms with E-state index in [1.54, 1.807) is 48.1 Å². The van der Waals surface area contributed by atoms with Gasteiger partial charge in [0.25, 0.3) is 5.91 Å². The first kappa shape index (κ1) is 23.6. The van der Waals surface area contributed by atoms with Crippen LogP contribution in [0.1, 0.15) is 31.1 Å². The lowest BCUT2D eigenvalue weighted by Gasteiger charge is -2.21. The van der Waals surface area contributed by atoms with Gasteiger partial charge in [-0.25, -0.2) is 0 Å². The summed E-state index contributed by atoms with van der Waals surface area (Å²) in [5.41, 5.74) is 1.05. The Hall–Kier alpha value is -2.45. The third kappa shape index (κ3) is 8.06. The van der Waals surface area contributed by atoms with Gasteiger partial charge in [-0.05, 0) is 39.0 Å². The Labute approximate surface area is 166 Å². The fourth-order valence-electron chi connectivity index (χ4n) is 2.65. The summed E-state index contributed by atoms with van der Waals surface area (Å²) in [6, 6.07) is 6.83. The van der Waals surface area contributed by atoms with Crippen molar-refractivity contribution in [3.63, 3.8) is 0 Å². The van der Waals surface area contributed by atoms with Crippen LogP contribution in [-0.2, 0) is 19.1 Å². The molecule has 0 aromatic heterocycles. The number of hydrogen-bond acceptors (Lipinski definition) is 6. The van der Waals surface area contributed by atoms with Crippen molar-refractivity contribution in [1.82, 2.24) is 9.80 Å². The number of anilines is 1. The van der Waals surface area contributed by atoms with Crippen LogP contribution in [0.15, 0.2) is 24.3 Å². The Morgan fingerprint density at radius 3 is 2.39 bits per heavy atom. The van der Waals surface area contributed by atoms with E-state index in [9.17, 15) is 14.4 Å². The largest absolute Gasteiger partial charge is 0.465 e. The molecular weight excluding hydrogens is 362 g/mol. The number of hydrogen-bond donors (Lipinski definition) is 1. The van der Waals surface area contributed by atoms with Crippen molar-refractivity contribution in [3.05, 3.63) is 29.8 Å². The van der Waals surface area contributed by atoms with Gasteiger partial charge in [-0.2, -0.15) is 0 Å². The zero-order valence-electron chi connectivity index (χ0n) is 17.2. The van der Waals surface area contributed by atoms with Gasteiger partial charge >= 0.3 is 5.97 Å². The third-order valence-corrected chi connectivity index (χ3v) is 4.08. The molecule has 0 fully saturated rings. The Bertz CT molecular complexity index is 646. The number of esters is 1. The molecule has 8 nitrogen and oxygen atoms in total. The first-order chi connectivity index (χ1) is 13.4. The molecule has 0 saturated heterocycles. The number of methoxy groups -OCH3 is 1. The van der Waals surface area contributed by atoms with E-state index in [4.69, 9.17) is 9.47 Å². The molecule has 0 saturated carbocycles. The summed E-state index contributed by atoms with van der Waals surface area (Å²) >= 11 is 0. The Balaban J connectivity index is 2.75. The number of benzene rings is 1. The highest BCUT2D eigenvalue weighted by Crippen LogP contribution is 2.13. The van der Waals surface area contributed by atoms with E-state index in [0.29, 0.717) is 37.5 Å². The van der Waals surface area contributed by atoms with E-state index in [0.717, 1.165) is 0 Å². The van der Waals surface area contributed by atoms with Gasteiger partial charge in [-0.1, -0.05) is 6.07 Å². The summed E-state index contributed by atoms with van der Waals surface area (Å²) in [6.45, 7) is 7.93. The number of carbonyl (C=O) groups excluding carboxylic acids is 3. The average Bonchev–Trinajstić information content (AvgIpc) is 2.67. The maximum absolute atomic E-state index is 12.5. The van der Waals surface area contributed by atoms with Gasteiger partial charge in [0, 0.05) is 38.0 Å². The second-order valence-electron chi connectivity index (χ2n) is 6.11. The minimum atomic E-state index is -0.391. The molecule has 1 aromatic carbocycles. The van der Waals surface area contributed by atoms with E-state index >= 15 is 0 Å². The number of nitrogens with zero attached hydrogens (tertiary/aromatic N) is 2. The SMILES string of the molecule is CCOC(=O)CN(CCOC)CC(=O)Nc1cccc(C(=O)N(CC)CC)c1. The van der Waals surface area contributed by atoms with E-state index in [-0.39, 0.29) is 31.5 Å². The zero-order valence-corrected chi connectivity index (χ0v) is 17.2. The zero-order chi connectivity index (χ0) is 20.9. The van der Waals surface area contributed by atoms with Crippen LogP contribution in [-0.4, -0.2) is 80.6 Å². The fraction of sp³-hybridized carbons (Fsp3) is 0.550. The highest BCUT2D eigenvalue weighted by molar-refractivity contribution is 5.97. The van der Waals surface area contributed by atoms with E-state index in [1.165, 1.54) is 0 Å². The van der Waals surface area contributed by atoms with Crippen LogP contribution in [0.3, 0.4) is 0 Å². The number of nitrogens with one attached hydrogen (secondary N) is 1. The molecular formula is C20H31N3O5. The molecule has 1 rings (SSSR count). The molecule has 0 aliphatic carbocycles. The molecule has 156 valence electrons. The van der Waals surface area contributed by atoms with Crippen molar-refractivity contribution in [2.45, 2.75) is 20.8 Å². The number of ether oxygens (including phenoxy) is 2. The molecule has 0 radical (unpaired) electrons. The summed E-state index contributed by atoms with van der Waals surface area (Å²) < 4.78 is 9.97. The van der Waals surface area contributed by atoms with Crippen LogP contribution >= 0.6 is 0 Å². The van der Waals surface area contributed by atoms with Crippen molar-refractivity contribution in [1.29, 1.82) is 0 Å². The second kappa shape index (κ2) is 12.9. The van der Waals surface area contributed by atoms with Crippen molar-refractivity contribution < 1.29 is 23.9 Å². The van der Waals surface area contributed by atoms with Crippen LogP contribution in [0.4, 0.5) is 5.69 Å². The first-order valence-corrected chi connectivity index (χ1v) is 9.51. The van der Waals surface area contributed by atoms with Crippen LogP contribution < -0.4 is 5.32 Å². The van der Waals surface area contributed by atoms with Gasteiger partial charge in [0.15, 0.2) is 0 Å². The van der Waals surface area contributed by atoms with Crippen LogP contribution in [0, 0.1) is 0 Å². The molecule has 0 bridgehead atoms. The molecule has 0 heterocycles. The molecule has 1 aromatic rings. The van der Waals surface area contributed by atoms with Gasteiger partial charge in [0.05, 0.1) is 26.3 Å².